The predicted octanol–water partition coefficient (Wildman–Crippen LogP) is 1.24. The van der Waals surface area contributed by atoms with Crippen LogP contribution in [0.25, 0.3) is 0 Å². The summed E-state index contributed by atoms with van der Waals surface area (Å²) in [5, 5.41) is 12.5. The van der Waals surface area contributed by atoms with Gasteiger partial charge in [0.15, 0.2) is 5.13 Å². The van der Waals surface area contributed by atoms with Crippen LogP contribution >= 0.6 is 22.9 Å². The largest absolute Gasteiger partial charge is 0.389 e. The standard InChI is InChI=1S/C8H13ClN2O2S/c1-11(3-6(12)4-13-2)8-10-7(9)5-14-8/h5-6,12H,3-4H2,1-2H3. The van der Waals surface area contributed by atoms with Gasteiger partial charge in [-0.15, -0.1) is 11.3 Å². The summed E-state index contributed by atoms with van der Waals surface area (Å²) in [6.07, 6.45) is -0.507. The molecule has 1 rings (SSSR count). The number of thiazole rings is 1. The molecule has 80 valence electrons. The van der Waals surface area contributed by atoms with E-state index in [1.165, 1.54) is 11.3 Å². The van der Waals surface area contributed by atoms with Gasteiger partial charge in [-0.3, -0.25) is 0 Å². The molecule has 1 unspecified atom stereocenters. The van der Waals surface area contributed by atoms with Crippen LogP contribution in [0, 0.1) is 0 Å². The summed E-state index contributed by atoms with van der Waals surface area (Å²) in [5.41, 5.74) is 0. The summed E-state index contributed by atoms with van der Waals surface area (Å²) in [6, 6.07) is 0. The van der Waals surface area contributed by atoms with E-state index in [1.54, 1.807) is 12.5 Å². The van der Waals surface area contributed by atoms with Crippen molar-refractivity contribution in [3.8, 4) is 0 Å². The Bertz CT molecular complexity index is 282. The minimum atomic E-state index is -0.507. The van der Waals surface area contributed by atoms with E-state index < -0.39 is 6.10 Å². The van der Waals surface area contributed by atoms with Crippen LogP contribution in [0.1, 0.15) is 0 Å². The van der Waals surface area contributed by atoms with Gasteiger partial charge in [0, 0.05) is 26.1 Å². The number of hydrogen-bond donors (Lipinski definition) is 1. The normalized spacial score (nSPS) is 12.9. The Hall–Kier alpha value is -0.360. The number of likely N-dealkylation sites (N-methyl/N-ethyl adjacent to an activating group) is 1. The zero-order valence-corrected chi connectivity index (χ0v) is 9.68. The van der Waals surface area contributed by atoms with Crippen LogP contribution in [-0.4, -0.2) is 43.5 Å². The number of anilines is 1. The molecule has 0 fully saturated rings. The van der Waals surface area contributed by atoms with Crippen LogP contribution in [0.3, 0.4) is 0 Å². The van der Waals surface area contributed by atoms with Crippen LogP contribution in [-0.2, 0) is 4.74 Å². The number of rotatable bonds is 5. The Morgan fingerprint density at radius 1 is 1.79 bits per heavy atom. The van der Waals surface area contributed by atoms with E-state index in [9.17, 15) is 5.11 Å². The number of nitrogens with zero attached hydrogens (tertiary/aromatic N) is 2. The number of hydrogen-bond acceptors (Lipinski definition) is 5. The average molecular weight is 237 g/mol. The molecule has 0 bridgehead atoms. The van der Waals surface area contributed by atoms with Crippen molar-refractivity contribution in [2.75, 3.05) is 32.2 Å². The molecule has 0 amide bonds. The van der Waals surface area contributed by atoms with Gasteiger partial charge in [-0.2, -0.15) is 0 Å². The number of aliphatic hydroxyl groups is 1. The molecule has 6 heteroatoms. The van der Waals surface area contributed by atoms with Crippen molar-refractivity contribution in [1.82, 2.24) is 4.98 Å². The maximum Gasteiger partial charge on any atom is 0.186 e. The van der Waals surface area contributed by atoms with Gasteiger partial charge in [0.1, 0.15) is 5.15 Å². The second kappa shape index (κ2) is 5.50. The molecule has 0 aromatic carbocycles. The number of ether oxygens (including phenoxy) is 1. The number of aromatic nitrogens is 1. The molecule has 1 atom stereocenters. The zero-order valence-electron chi connectivity index (χ0n) is 8.11. The quantitative estimate of drug-likeness (QED) is 0.836. The van der Waals surface area contributed by atoms with E-state index in [4.69, 9.17) is 16.3 Å². The summed E-state index contributed by atoms with van der Waals surface area (Å²) in [6.45, 7) is 0.807. The number of aliphatic hydroxyl groups excluding tert-OH is 1. The molecule has 0 aliphatic carbocycles. The van der Waals surface area contributed by atoms with E-state index >= 15 is 0 Å². The third-order valence-corrected chi connectivity index (χ3v) is 2.91. The van der Waals surface area contributed by atoms with E-state index in [1.807, 2.05) is 11.9 Å². The Morgan fingerprint density at radius 3 is 3.00 bits per heavy atom. The molecule has 0 saturated carbocycles. The first-order valence-electron chi connectivity index (χ1n) is 4.12. The lowest BCUT2D eigenvalue weighted by Crippen LogP contribution is -2.31. The smallest absolute Gasteiger partial charge is 0.186 e. The van der Waals surface area contributed by atoms with Crippen LogP contribution in [0.5, 0.6) is 0 Å². The van der Waals surface area contributed by atoms with Gasteiger partial charge in [-0.05, 0) is 0 Å². The first-order valence-corrected chi connectivity index (χ1v) is 5.38. The molecule has 0 radical (unpaired) electrons. The minimum absolute atomic E-state index is 0.323. The van der Waals surface area contributed by atoms with E-state index in [0.717, 1.165) is 5.13 Å². The van der Waals surface area contributed by atoms with Gasteiger partial charge in [0.2, 0.25) is 0 Å². The lowest BCUT2D eigenvalue weighted by atomic mass is 10.3. The molecule has 1 heterocycles. The molecular weight excluding hydrogens is 224 g/mol. The highest BCUT2D eigenvalue weighted by atomic mass is 35.5. The van der Waals surface area contributed by atoms with Crippen molar-refractivity contribution < 1.29 is 9.84 Å². The van der Waals surface area contributed by atoms with Crippen molar-refractivity contribution in [3.63, 3.8) is 0 Å². The summed E-state index contributed by atoms with van der Waals surface area (Å²) in [7, 11) is 3.41. The third kappa shape index (κ3) is 3.42. The second-order valence-corrected chi connectivity index (χ2v) is 4.17. The maximum atomic E-state index is 9.46. The molecule has 0 saturated heterocycles. The molecule has 0 aliphatic heterocycles. The third-order valence-electron chi connectivity index (χ3n) is 1.63. The number of methoxy groups -OCH3 is 1. The molecular formula is C8H13ClN2O2S. The Balaban J connectivity index is 2.45. The summed E-state index contributed by atoms with van der Waals surface area (Å²) < 4.78 is 4.83. The van der Waals surface area contributed by atoms with Crippen molar-refractivity contribution in [3.05, 3.63) is 10.5 Å². The molecule has 0 aliphatic rings. The highest BCUT2D eigenvalue weighted by Crippen LogP contribution is 2.22. The average Bonchev–Trinajstić information content (AvgIpc) is 2.52. The first kappa shape index (κ1) is 11.7. The zero-order chi connectivity index (χ0) is 10.6. The minimum Gasteiger partial charge on any atom is -0.389 e. The summed E-state index contributed by atoms with van der Waals surface area (Å²) >= 11 is 7.14. The SMILES string of the molecule is COCC(O)CN(C)c1nc(Cl)cs1. The highest BCUT2D eigenvalue weighted by Gasteiger charge is 2.11. The van der Waals surface area contributed by atoms with Gasteiger partial charge in [-0.25, -0.2) is 4.98 Å². The molecule has 1 N–H and O–H groups in total. The van der Waals surface area contributed by atoms with Crippen LogP contribution < -0.4 is 4.90 Å². The van der Waals surface area contributed by atoms with Crippen molar-refractivity contribution in [1.29, 1.82) is 0 Å². The van der Waals surface area contributed by atoms with E-state index in [2.05, 4.69) is 4.98 Å². The predicted molar refractivity (Wildman–Crippen MR) is 58.3 cm³/mol. The van der Waals surface area contributed by atoms with Gasteiger partial charge in [0.05, 0.1) is 12.7 Å². The van der Waals surface area contributed by atoms with Crippen molar-refractivity contribution in [2.45, 2.75) is 6.10 Å². The molecule has 14 heavy (non-hydrogen) atoms. The topological polar surface area (TPSA) is 45.6 Å². The molecule has 4 nitrogen and oxygen atoms in total. The van der Waals surface area contributed by atoms with Gasteiger partial charge < -0.3 is 14.7 Å². The molecule has 1 aromatic heterocycles. The fourth-order valence-corrected chi connectivity index (χ4v) is 1.98. The van der Waals surface area contributed by atoms with Crippen molar-refractivity contribution in [2.24, 2.45) is 0 Å². The molecule has 0 spiro atoms. The maximum absolute atomic E-state index is 9.46. The highest BCUT2D eigenvalue weighted by molar-refractivity contribution is 7.14. The van der Waals surface area contributed by atoms with E-state index in [-0.39, 0.29) is 0 Å². The van der Waals surface area contributed by atoms with Crippen LogP contribution in [0.2, 0.25) is 5.15 Å². The van der Waals surface area contributed by atoms with E-state index in [0.29, 0.717) is 18.3 Å². The number of halogens is 1. The lowest BCUT2D eigenvalue weighted by molar-refractivity contribution is 0.0695. The first-order chi connectivity index (χ1) is 6.63. The van der Waals surface area contributed by atoms with Gasteiger partial charge >= 0.3 is 0 Å². The van der Waals surface area contributed by atoms with Gasteiger partial charge in [-0.1, -0.05) is 11.6 Å². The van der Waals surface area contributed by atoms with Crippen LogP contribution in [0.15, 0.2) is 5.38 Å². The fourth-order valence-electron chi connectivity index (χ4n) is 1.06. The van der Waals surface area contributed by atoms with Crippen molar-refractivity contribution >= 4 is 28.1 Å². The summed E-state index contributed by atoms with van der Waals surface area (Å²) in [5.74, 6) is 0. The Morgan fingerprint density at radius 2 is 2.50 bits per heavy atom. The molecule has 1 aromatic rings. The monoisotopic (exact) mass is 236 g/mol. The Labute approximate surface area is 92.1 Å². The Kier molecular flexibility index (Phi) is 4.60. The second-order valence-electron chi connectivity index (χ2n) is 2.94. The van der Waals surface area contributed by atoms with Gasteiger partial charge in [0.25, 0.3) is 0 Å². The lowest BCUT2D eigenvalue weighted by Gasteiger charge is -2.19. The fraction of sp³-hybridized carbons (Fsp3) is 0.625. The van der Waals surface area contributed by atoms with Crippen LogP contribution in [0.4, 0.5) is 5.13 Å². The summed E-state index contributed by atoms with van der Waals surface area (Å²) in [4.78, 5) is 5.93.